The van der Waals surface area contributed by atoms with E-state index in [1.807, 2.05) is 43.3 Å². The molecule has 3 heteroatoms. The minimum atomic E-state index is -0.0621. The fourth-order valence-electron chi connectivity index (χ4n) is 1.69. The van der Waals surface area contributed by atoms with Gasteiger partial charge in [0.05, 0.1) is 5.75 Å². The lowest BCUT2D eigenvalue weighted by atomic mass is 10.1. The summed E-state index contributed by atoms with van der Waals surface area (Å²) < 4.78 is 0. The second-order valence-electron chi connectivity index (χ2n) is 4.23. The molecule has 2 aromatic carbocycles. The van der Waals surface area contributed by atoms with Gasteiger partial charge in [0.2, 0.25) is 5.12 Å². The third-order valence-electron chi connectivity index (χ3n) is 2.68. The van der Waals surface area contributed by atoms with Gasteiger partial charge in [-0.2, -0.15) is 0 Å². The number of rotatable bonds is 4. The van der Waals surface area contributed by atoms with Gasteiger partial charge in [0.15, 0.2) is 5.78 Å². The summed E-state index contributed by atoms with van der Waals surface area (Å²) >= 11 is 1.05. The number of carbonyl (C=O) groups is 2. The maximum atomic E-state index is 11.9. The number of carbonyl (C=O) groups excluding carboxylic acids is 2. The van der Waals surface area contributed by atoms with E-state index < -0.39 is 0 Å². The first kappa shape index (κ1) is 13.6. The Morgan fingerprint density at radius 1 is 0.947 bits per heavy atom. The number of thioether (sulfide) groups is 1. The fraction of sp³-hybridized carbons (Fsp3) is 0.125. The zero-order valence-electron chi connectivity index (χ0n) is 10.6. The van der Waals surface area contributed by atoms with E-state index in [9.17, 15) is 9.59 Å². The van der Waals surface area contributed by atoms with Gasteiger partial charge in [0.25, 0.3) is 0 Å². The summed E-state index contributed by atoms with van der Waals surface area (Å²) in [5.74, 6) is 0.156. The summed E-state index contributed by atoms with van der Waals surface area (Å²) in [5.41, 5.74) is 2.33. The van der Waals surface area contributed by atoms with Gasteiger partial charge < -0.3 is 0 Å². The predicted molar refractivity (Wildman–Crippen MR) is 78.7 cm³/mol. The van der Waals surface area contributed by atoms with E-state index in [0.717, 1.165) is 17.3 Å². The molecule has 2 rings (SSSR count). The molecule has 0 aliphatic rings. The molecule has 0 heterocycles. The highest BCUT2D eigenvalue weighted by molar-refractivity contribution is 8.14. The van der Waals surface area contributed by atoms with Crippen LogP contribution in [0.15, 0.2) is 54.6 Å². The van der Waals surface area contributed by atoms with Gasteiger partial charge in [-0.15, -0.1) is 0 Å². The lowest BCUT2D eigenvalue weighted by Gasteiger charge is -2.02. The summed E-state index contributed by atoms with van der Waals surface area (Å²) in [7, 11) is 0. The molecule has 0 N–H and O–H groups in total. The monoisotopic (exact) mass is 270 g/mol. The van der Waals surface area contributed by atoms with E-state index in [1.54, 1.807) is 18.2 Å². The van der Waals surface area contributed by atoms with Gasteiger partial charge in [-0.05, 0) is 13.0 Å². The Kier molecular flexibility index (Phi) is 4.53. The molecule has 2 nitrogen and oxygen atoms in total. The van der Waals surface area contributed by atoms with Gasteiger partial charge in [0.1, 0.15) is 0 Å². The molecule has 0 saturated carbocycles. The van der Waals surface area contributed by atoms with Crippen molar-refractivity contribution >= 4 is 22.7 Å². The SMILES string of the molecule is Cc1cccc(C(=O)SCC(=O)c2ccccc2)c1. The van der Waals surface area contributed by atoms with Gasteiger partial charge in [-0.25, -0.2) is 0 Å². The molecule has 0 spiro atoms. The highest BCUT2D eigenvalue weighted by Gasteiger charge is 2.11. The first-order valence-electron chi connectivity index (χ1n) is 5.99. The van der Waals surface area contributed by atoms with Crippen molar-refractivity contribution in [3.63, 3.8) is 0 Å². The summed E-state index contributed by atoms with van der Waals surface area (Å²) in [6, 6.07) is 16.4. The fourth-order valence-corrected chi connectivity index (χ4v) is 2.42. The van der Waals surface area contributed by atoms with Crippen molar-refractivity contribution < 1.29 is 9.59 Å². The van der Waals surface area contributed by atoms with Gasteiger partial charge in [0, 0.05) is 11.1 Å². The lowest BCUT2D eigenvalue weighted by Crippen LogP contribution is -2.05. The molecule has 19 heavy (non-hydrogen) atoms. The highest BCUT2D eigenvalue weighted by atomic mass is 32.2. The third-order valence-corrected chi connectivity index (χ3v) is 3.59. The molecule has 0 atom stereocenters. The molecule has 0 bridgehead atoms. The van der Waals surface area contributed by atoms with Crippen LogP contribution in [0.1, 0.15) is 26.3 Å². The molecule has 0 amide bonds. The Bertz CT molecular complexity index is 591. The zero-order valence-corrected chi connectivity index (χ0v) is 11.4. The summed E-state index contributed by atoms with van der Waals surface area (Å²) in [6.45, 7) is 1.94. The van der Waals surface area contributed by atoms with Crippen LogP contribution in [0.5, 0.6) is 0 Å². The number of benzene rings is 2. The van der Waals surface area contributed by atoms with Crippen LogP contribution in [-0.4, -0.2) is 16.7 Å². The van der Waals surface area contributed by atoms with Crippen LogP contribution in [0.4, 0.5) is 0 Å². The number of hydrogen-bond donors (Lipinski definition) is 0. The average Bonchev–Trinajstić information content (AvgIpc) is 2.45. The molecule has 0 saturated heterocycles. The molecule has 0 aromatic heterocycles. The molecular weight excluding hydrogens is 256 g/mol. The minimum Gasteiger partial charge on any atom is -0.293 e. The lowest BCUT2D eigenvalue weighted by molar-refractivity contribution is 0.101. The smallest absolute Gasteiger partial charge is 0.219 e. The second kappa shape index (κ2) is 6.34. The first-order chi connectivity index (χ1) is 9.16. The molecular formula is C16H14O2S. The zero-order chi connectivity index (χ0) is 13.7. The largest absolute Gasteiger partial charge is 0.293 e. The molecule has 96 valence electrons. The Morgan fingerprint density at radius 2 is 1.63 bits per heavy atom. The van der Waals surface area contributed by atoms with Crippen LogP contribution in [-0.2, 0) is 0 Å². The number of hydrogen-bond acceptors (Lipinski definition) is 3. The molecule has 0 unspecified atom stereocenters. The molecule has 2 aromatic rings. The molecule has 0 aliphatic heterocycles. The molecule has 0 aliphatic carbocycles. The van der Waals surface area contributed by atoms with Crippen molar-refractivity contribution in [2.24, 2.45) is 0 Å². The molecule has 0 radical (unpaired) electrons. The predicted octanol–water partition coefficient (Wildman–Crippen LogP) is 3.75. The number of aryl methyl sites for hydroxylation is 1. The van der Waals surface area contributed by atoms with Crippen LogP contribution in [0.3, 0.4) is 0 Å². The maximum absolute atomic E-state index is 11.9. The Hall–Kier alpha value is -1.87. The Balaban J connectivity index is 1.96. The third kappa shape index (κ3) is 3.80. The maximum Gasteiger partial charge on any atom is 0.219 e. The quantitative estimate of drug-likeness (QED) is 0.793. The Labute approximate surface area is 116 Å². The van der Waals surface area contributed by atoms with Crippen molar-refractivity contribution in [1.82, 2.24) is 0 Å². The summed E-state index contributed by atoms with van der Waals surface area (Å²) in [4.78, 5) is 23.8. The average molecular weight is 270 g/mol. The van der Waals surface area contributed by atoms with E-state index >= 15 is 0 Å². The van der Waals surface area contributed by atoms with Gasteiger partial charge >= 0.3 is 0 Å². The van der Waals surface area contributed by atoms with Gasteiger partial charge in [-0.1, -0.05) is 65.9 Å². The van der Waals surface area contributed by atoms with E-state index in [2.05, 4.69) is 0 Å². The first-order valence-corrected chi connectivity index (χ1v) is 6.97. The van der Waals surface area contributed by atoms with Crippen LogP contribution >= 0.6 is 11.8 Å². The Morgan fingerprint density at radius 3 is 2.32 bits per heavy atom. The van der Waals surface area contributed by atoms with Crippen LogP contribution in [0.2, 0.25) is 0 Å². The van der Waals surface area contributed by atoms with E-state index in [4.69, 9.17) is 0 Å². The van der Waals surface area contributed by atoms with Gasteiger partial charge in [-0.3, -0.25) is 9.59 Å². The number of Topliss-reactive ketones (excluding diaryl/α,β-unsaturated/α-hetero) is 1. The van der Waals surface area contributed by atoms with Crippen molar-refractivity contribution in [2.75, 3.05) is 5.75 Å². The minimum absolute atomic E-state index is 0.0217. The highest BCUT2D eigenvalue weighted by Crippen LogP contribution is 2.15. The van der Waals surface area contributed by atoms with E-state index in [0.29, 0.717) is 11.1 Å². The van der Waals surface area contributed by atoms with Crippen LogP contribution < -0.4 is 0 Å². The molecule has 0 fully saturated rings. The number of ketones is 1. The van der Waals surface area contributed by atoms with Crippen molar-refractivity contribution in [1.29, 1.82) is 0 Å². The normalized spacial score (nSPS) is 10.2. The van der Waals surface area contributed by atoms with Crippen LogP contribution in [0.25, 0.3) is 0 Å². The van der Waals surface area contributed by atoms with Crippen molar-refractivity contribution in [3.8, 4) is 0 Å². The topological polar surface area (TPSA) is 34.1 Å². The second-order valence-corrected chi connectivity index (χ2v) is 5.18. The van der Waals surface area contributed by atoms with E-state index in [-0.39, 0.29) is 16.7 Å². The standard InChI is InChI=1S/C16H14O2S/c1-12-6-5-9-14(10-12)16(18)19-11-15(17)13-7-3-2-4-8-13/h2-10H,11H2,1H3. The van der Waals surface area contributed by atoms with E-state index in [1.165, 1.54) is 0 Å². The summed E-state index contributed by atoms with van der Waals surface area (Å²) in [6.07, 6.45) is 0. The van der Waals surface area contributed by atoms with Crippen molar-refractivity contribution in [2.45, 2.75) is 6.92 Å². The van der Waals surface area contributed by atoms with Crippen LogP contribution in [0, 0.1) is 6.92 Å². The van der Waals surface area contributed by atoms with Crippen molar-refractivity contribution in [3.05, 3.63) is 71.3 Å². The summed E-state index contributed by atoms with van der Waals surface area (Å²) in [5, 5.41) is -0.0621.